The van der Waals surface area contributed by atoms with Crippen LogP contribution in [0.2, 0.25) is 0 Å². The molecule has 0 aromatic heterocycles. The molecular formula is C24H51N3. The minimum atomic E-state index is 0.0849. The highest BCUT2D eigenvalue weighted by molar-refractivity contribution is 4.82. The molecule has 0 rings (SSSR count). The van der Waals surface area contributed by atoms with Gasteiger partial charge < -0.3 is 11.1 Å². The van der Waals surface area contributed by atoms with Crippen molar-refractivity contribution < 1.29 is 0 Å². The molecule has 0 fully saturated rings. The van der Waals surface area contributed by atoms with Crippen LogP contribution in [0.5, 0.6) is 0 Å². The van der Waals surface area contributed by atoms with Gasteiger partial charge in [0.15, 0.2) is 0 Å². The highest BCUT2D eigenvalue weighted by Crippen LogP contribution is 2.13. The molecule has 4 N–H and O–H groups in total. The van der Waals surface area contributed by atoms with Crippen LogP contribution in [-0.2, 0) is 0 Å². The standard InChI is InChI=1S/C24H51N3/c1-4-7-8-9-10-11-12-13-14-15-16-17-18-19-20-21-22-26-24(6-3)27-23(25)5-2/h21-24,26-27H,4-20,25H2,1-3H3. The molecule has 0 saturated heterocycles. The largest absolute Gasteiger partial charge is 0.376 e. The number of allylic oxidation sites excluding steroid dienone is 1. The Labute approximate surface area is 171 Å². The van der Waals surface area contributed by atoms with Gasteiger partial charge in [0, 0.05) is 0 Å². The summed E-state index contributed by atoms with van der Waals surface area (Å²) in [5, 5.41) is 6.80. The molecule has 0 amide bonds. The van der Waals surface area contributed by atoms with Crippen LogP contribution in [0.15, 0.2) is 12.3 Å². The zero-order valence-corrected chi connectivity index (χ0v) is 18.9. The third kappa shape index (κ3) is 20.0. The van der Waals surface area contributed by atoms with Crippen LogP contribution in [0.4, 0.5) is 0 Å². The fraction of sp³-hybridized carbons (Fsp3) is 0.917. The molecule has 3 heteroatoms. The molecule has 0 saturated carbocycles. The summed E-state index contributed by atoms with van der Waals surface area (Å²) in [6.45, 7) is 6.57. The van der Waals surface area contributed by atoms with Crippen LogP contribution in [0, 0.1) is 0 Å². The van der Waals surface area contributed by atoms with Gasteiger partial charge >= 0.3 is 0 Å². The zero-order valence-electron chi connectivity index (χ0n) is 18.9. The summed E-state index contributed by atoms with van der Waals surface area (Å²) in [4.78, 5) is 0. The summed E-state index contributed by atoms with van der Waals surface area (Å²) in [6, 6.07) is 0. The number of unbranched alkanes of at least 4 members (excludes halogenated alkanes) is 14. The number of hydrogen-bond donors (Lipinski definition) is 3. The van der Waals surface area contributed by atoms with Crippen molar-refractivity contribution in [3.05, 3.63) is 12.3 Å². The Bertz CT molecular complexity index is 304. The van der Waals surface area contributed by atoms with Crippen LogP contribution in [0.25, 0.3) is 0 Å². The minimum absolute atomic E-state index is 0.0849. The number of nitrogens with two attached hydrogens (primary N) is 1. The Morgan fingerprint density at radius 2 is 1.15 bits per heavy atom. The minimum Gasteiger partial charge on any atom is -0.376 e. The molecule has 0 radical (unpaired) electrons. The number of hydrogen-bond acceptors (Lipinski definition) is 3. The van der Waals surface area contributed by atoms with E-state index in [1.807, 2.05) is 0 Å². The third-order valence-electron chi connectivity index (χ3n) is 5.40. The molecule has 3 nitrogen and oxygen atoms in total. The summed E-state index contributed by atoms with van der Waals surface area (Å²) in [6.07, 6.45) is 27.9. The quantitative estimate of drug-likeness (QED) is 0.148. The van der Waals surface area contributed by atoms with E-state index in [0.29, 0.717) is 0 Å². The molecule has 0 aliphatic carbocycles. The predicted octanol–water partition coefficient (Wildman–Crippen LogP) is 6.98. The van der Waals surface area contributed by atoms with Crippen molar-refractivity contribution in [3.8, 4) is 0 Å². The van der Waals surface area contributed by atoms with E-state index in [-0.39, 0.29) is 12.3 Å². The van der Waals surface area contributed by atoms with E-state index < -0.39 is 0 Å². The van der Waals surface area contributed by atoms with E-state index in [2.05, 4.69) is 43.7 Å². The lowest BCUT2D eigenvalue weighted by molar-refractivity contribution is 0.387. The topological polar surface area (TPSA) is 50.1 Å². The lowest BCUT2D eigenvalue weighted by Crippen LogP contribution is -2.48. The normalized spacial score (nSPS) is 13.9. The second-order valence-electron chi connectivity index (χ2n) is 8.10. The maximum Gasteiger partial charge on any atom is 0.0772 e. The van der Waals surface area contributed by atoms with Crippen LogP contribution >= 0.6 is 0 Å². The number of nitrogens with one attached hydrogen (secondary N) is 2. The molecule has 0 heterocycles. The molecule has 0 aliphatic heterocycles. The van der Waals surface area contributed by atoms with Crippen molar-refractivity contribution >= 4 is 0 Å². The van der Waals surface area contributed by atoms with Gasteiger partial charge in [-0.15, -0.1) is 0 Å². The summed E-state index contributed by atoms with van der Waals surface area (Å²) >= 11 is 0. The summed E-state index contributed by atoms with van der Waals surface area (Å²) in [5.74, 6) is 0. The Morgan fingerprint density at radius 1 is 0.667 bits per heavy atom. The summed E-state index contributed by atoms with van der Waals surface area (Å²) < 4.78 is 0. The van der Waals surface area contributed by atoms with Crippen LogP contribution < -0.4 is 16.4 Å². The van der Waals surface area contributed by atoms with Crippen molar-refractivity contribution in [1.82, 2.24) is 10.6 Å². The molecule has 2 unspecified atom stereocenters. The monoisotopic (exact) mass is 381 g/mol. The SMILES string of the molecule is CCCCCCCCCCCCCCCCC=CNC(CC)NC(N)CC. The maximum absolute atomic E-state index is 5.94. The molecular weight excluding hydrogens is 330 g/mol. The van der Waals surface area contributed by atoms with Gasteiger partial charge in [-0.1, -0.05) is 110 Å². The van der Waals surface area contributed by atoms with Crippen LogP contribution in [-0.4, -0.2) is 12.3 Å². The first-order chi connectivity index (χ1) is 13.2. The maximum atomic E-state index is 5.94. The highest BCUT2D eigenvalue weighted by atomic mass is 15.2. The van der Waals surface area contributed by atoms with Crippen molar-refractivity contribution in [3.63, 3.8) is 0 Å². The van der Waals surface area contributed by atoms with E-state index in [9.17, 15) is 0 Å². The molecule has 0 aliphatic rings. The van der Waals surface area contributed by atoms with Gasteiger partial charge in [-0.3, -0.25) is 5.32 Å². The first-order valence-corrected chi connectivity index (χ1v) is 12.2. The van der Waals surface area contributed by atoms with Gasteiger partial charge in [0.05, 0.1) is 12.3 Å². The molecule has 27 heavy (non-hydrogen) atoms. The molecule has 0 aromatic carbocycles. The molecule has 162 valence electrons. The lowest BCUT2D eigenvalue weighted by atomic mass is 10.0. The predicted molar refractivity (Wildman–Crippen MR) is 123 cm³/mol. The fourth-order valence-corrected chi connectivity index (χ4v) is 3.38. The Morgan fingerprint density at radius 3 is 1.59 bits per heavy atom. The average Bonchev–Trinajstić information content (AvgIpc) is 2.69. The molecule has 0 spiro atoms. The van der Waals surface area contributed by atoms with Crippen molar-refractivity contribution in [2.45, 2.75) is 142 Å². The first-order valence-electron chi connectivity index (χ1n) is 12.2. The second-order valence-corrected chi connectivity index (χ2v) is 8.10. The van der Waals surface area contributed by atoms with Crippen molar-refractivity contribution in [2.24, 2.45) is 5.73 Å². The summed E-state index contributed by atoms with van der Waals surface area (Å²) in [5.41, 5.74) is 5.94. The highest BCUT2D eigenvalue weighted by Gasteiger charge is 2.05. The van der Waals surface area contributed by atoms with Gasteiger partial charge in [-0.05, 0) is 31.9 Å². The second kappa shape index (κ2) is 21.8. The third-order valence-corrected chi connectivity index (χ3v) is 5.40. The zero-order chi connectivity index (χ0) is 20.0. The lowest BCUT2D eigenvalue weighted by Gasteiger charge is -2.21. The van der Waals surface area contributed by atoms with E-state index in [1.165, 1.54) is 96.3 Å². The van der Waals surface area contributed by atoms with Crippen molar-refractivity contribution in [1.29, 1.82) is 0 Å². The van der Waals surface area contributed by atoms with E-state index in [4.69, 9.17) is 5.73 Å². The Balaban J connectivity index is 3.28. The molecule has 0 bridgehead atoms. The van der Waals surface area contributed by atoms with E-state index in [0.717, 1.165) is 12.8 Å². The van der Waals surface area contributed by atoms with Gasteiger partial charge in [-0.25, -0.2) is 0 Å². The van der Waals surface area contributed by atoms with Gasteiger partial charge in [0.1, 0.15) is 0 Å². The first kappa shape index (κ1) is 26.5. The van der Waals surface area contributed by atoms with E-state index >= 15 is 0 Å². The van der Waals surface area contributed by atoms with Gasteiger partial charge in [0.2, 0.25) is 0 Å². The van der Waals surface area contributed by atoms with Crippen LogP contribution in [0.1, 0.15) is 130 Å². The Kier molecular flexibility index (Phi) is 21.3. The summed E-state index contributed by atoms with van der Waals surface area (Å²) in [7, 11) is 0. The number of rotatable bonds is 21. The average molecular weight is 382 g/mol. The molecule has 2 atom stereocenters. The van der Waals surface area contributed by atoms with E-state index in [1.54, 1.807) is 0 Å². The fourth-order valence-electron chi connectivity index (χ4n) is 3.38. The van der Waals surface area contributed by atoms with Gasteiger partial charge in [-0.2, -0.15) is 0 Å². The smallest absolute Gasteiger partial charge is 0.0772 e. The van der Waals surface area contributed by atoms with Crippen LogP contribution in [0.3, 0.4) is 0 Å². The van der Waals surface area contributed by atoms with Gasteiger partial charge in [0.25, 0.3) is 0 Å². The Hall–Kier alpha value is -0.540. The van der Waals surface area contributed by atoms with Crippen molar-refractivity contribution in [2.75, 3.05) is 0 Å². The molecule has 0 aromatic rings.